The van der Waals surface area contributed by atoms with Crippen LogP contribution in [0.2, 0.25) is 13.1 Å². The lowest BCUT2D eigenvalue weighted by Gasteiger charge is -2.20. The first-order chi connectivity index (χ1) is 17.4. The van der Waals surface area contributed by atoms with Gasteiger partial charge in [0.2, 0.25) is 0 Å². The molecule has 1 aromatic carbocycles. The lowest BCUT2D eigenvalue weighted by molar-refractivity contribution is 0.374. The van der Waals surface area contributed by atoms with Crippen LogP contribution in [0.1, 0.15) is 38.6 Å². The number of hydrogen-bond acceptors (Lipinski definition) is 5. The average molecular weight is 517 g/mol. The van der Waals surface area contributed by atoms with Gasteiger partial charge in [-0.3, -0.25) is 4.98 Å². The van der Waals surface area contributed by atoms with Gasteiger partial charge in [0.1, 0.15) is 29.1 Å². The highest BCUT2D eigenvalue weighted by Gasteiger charge is 2.32. The molecule has 0 spiro atoms. The lowest BCUT2D eigenvalue weighted by atomic mass is 9.90. The van der Waals surface area contributed by atoms with Gasteiger partial charge in [-0.1, -0.05) is 39.9 Å². The molecule has 0 amide bonds. The second-order valence-corrected chi connectivity index (χ2v) is 15.2. The minimum Gasteiger partial charge on any atom is -0.334 e. The highest BCUT2D eigenvalue weighted by molar-refractivity contribution is 6.99. The van der Waals surface area contributed by atoms with Crippen LogP contribution in [0.4, 0.5) is 8.78 Å². The summed E-state index contributed by atoms with van der Waals surface area (Å²) >= 11 is 0. The van der Waals surface area contributed by atoms with E-state index in [9.17, 15) is 8.78 Å². The van der Waals surface area contributed by atoms with Gasteiger partial charge in [0.05, 0.1) is 11.3 Å². The van der Waals surface area contributed by atoms with Crippen molar-refractivity contribution in [2.75, 3.05) is 0 Å². The van der Waals surface area contributed by atoms with Gasteiger partial charge in [-0.15, -0.1) is 0 Å². The lowest BCUT2D eigenvalue weighted by Crippen LogP contribution is -2.55. The number of hydrogen-bond donors (Lipinski definition) is 0. The van der Waals surface area contributed by atoms with Crippen molar-refractivity contribution in [3.63, 3.8) is 0 Å². The fourth-order valence-corrected chi connectivity index (χ4v) is 6.10. The van der Waals surface area contributed by atoms with Crippen LogP contribution < -0.4 is 10.6 Å². The molecule has 3 aromatic heterocycles. The topological polar surface area (TPSA) is 80.3 Å². The van der Waals surface area contributed by atoms with Crippen molar-refractivity contribution < 1.29 is 8.78 Å². The Morgan fingerprint density at radius 1 is 1.00 bits per heavy atom. The molecular formula is C28H30F2N6Si. The standard InChI is InChI=1S/C28H30F2N6Si/c1-28(2,3)13-12-23-32-15-18(16-33-23)22-8-7-9-24(34-22)37(5,6)25-17-36(4)27(35-25)19-10-11-21(29)20(14-31)26(19)30/h7-11,15-17H,12-13H2,1-6H3. The number of aryl methyl sites for hydroxylation is 2. The fourth-order valence-electron chi connectivity index (χ4n) is 4.02. The van der Waals surface area contributed by atoms with E-state index in [0.29, 0.717) is 5.82 Å². The Hall–Kier alpha value is -3.77. The van der Waals surface area contributed by atoms with Crippen molar-refractivity contribution in [2.45, 2.75) is 46.7 Å². The second kappa shape index (κ2) is 9.94. The summed E-state index contributed by atoms with van der Waals surface area (Å²) < 4.78 is 30.4. The summed E-state index contributed by atoms with van der Waals surface area (Å²) in [7, 11) is -0.646. The summed E-state index contributed by atoms with van der Waals surface area (Å²) in [6.45, 7) is 10.9. The molecule has 190 valence electrons. The minimum absolute atomic E-state index is 0.0851. The number of nitriles is 1. The Balaban J connectivity index is 1.64. The number of aromatic nitrogens is 5. The zero-order valence-corrected chi connectivity index (χ0v) is 23.0. The Bertz CT molecular complexity index is 1480. The summed E-state index contributed by atoms with van der Waals surface area (Å²) in [4.78, 5) is 18.8. The van der Waals surface area contributed by atoms with Gasteiger partial charge in [-0.25, -0.2) is 23.7 Å². The molecule has 37 heavy (non-hydrogen) atoms. The monoisotopic (exact) mass is 516 g/mol. The van der Waals surface area contributed by atoms with E-state index in [1.165, 1.54) is 6.07 Å². The molecule has 3 heterocycles. The van der Waals surface area contributed by atoms with Gasteiger partial charge < -0.3 is 4.57 Å². The highest BCUT2D eigenvalue weighted by atomic mass is 28.3. The van der Waals surface area contributed by atoms with Crippen LogP contribution in [0.15, 0.2) is 48.9 Å². The van der Waals surface area contributed by atoms with Crippen molar-refractivity contribution in [3.8, 4) is 28.7 Å². The summed E-state index contributed by atoms with van der Waals surface area (Å²) in [5.74, 6) is -0.647. The van der Waals surface area contributed by atoms with E-state index in [1.54, 1.807) is 17.7 Å². The Morgan fingerprint density at radius 2 is 1.70 bits per heavy atom. The molecule has 0 saturated carbocycles. The van der Waals surface area contributed by atoms with Crippen LogP contribution in [0.5, 0.6) is 0 Å². The van der Waals surface area contributed by atoms with Crippen molar-refractivity contribution >= 4 is 18.7 Å². The molecule has 0 aliphatic heterocycles. The first-order valence-electron chi connectivity index (χ1n) is 12.1. The largest absolute Gasteiger partial charge is 0.334 e. The molecule has 0 aliphatic carbocycles. The molecular weight excluding hydrogens is 486 g/mol. The summed E-state index contributed by atoms with van der Waals surface area (Å²) in [5.41, 5.74) is 1.31. The highest BCUT2D eigenvalue weighted by Crippen LogP contribution is 2.25. The third-order valence-electron chi connectivity index (χ3n) is 6.45. The normalized spacial score (nSPS) is 12.0. The summed E-state index contributed by atoms with van der Waals surface area (Å²) in [6.07, 6.45) is 7.32. The molecule has 6 nitrogen and oxygen atoms in total. The number of rotatable bonds is 6. The van der Waals surface area contributed by atoms with Crippen molar-refractivity contribution in [3.05, 3.63) is 71.9 Å². The van der Waals surface area contributed by atoms with Crippen LogP contribution in [0, 0.1) is 28.4 Å². The Morgan fingerprint density at radius 3 is 2.35 bits per heavy atom. The number of nitrogens with zero attached hydrogens (tertiary/aromatic N) is 6. The van der Waals surface area contributed by atoms with Gasteiger partial charge in [-0.05, 0) is 36.1 Å². The maximum atomic E-state index is 14.9. The predicted molar refractivity (Wildman–Crippen MR) is 143 cm³/mol. The Kier molecular flexibility index (Phi) is 7.06. The van der Waals surface area contributed by atoms with E-state index in [4.69, 9.17) is 15.2 Å². The van der Waals surface area contributed by atoms with E-state index in [-0.39, 0.29) is 11.0 Å². The van der Waals surface area contributed by atoms with Gasteiger partial charge in [0, 0.05) is 48.3 Å². The first-order valence-corrected chi connectivity index (χ1v) is 15.1. The molecule has 0 fully saturated rings. The molecule has 4 aromatic rings. The van der Waals surface area contributed by atoms with Gasteiger partial charge in [-0.2, -0.15) is 5.26 Å². The van der Waals surface area contributed by atoms with E-state index in [0.717, 1.165) is 46.6 Å². The van der Waals surface area contributed by atoms with Crippen LogP contribution in [0.3, 0.4) is 0 Å². The van der Waals surface area contributed by atoms with Gasteiger partial charge in [0.15, 0.2) is 13.9 Å². The maximum absolute atomic E-state index is 14.9. The maximum Gasteiger partial charge on any atom is 0.160 e. The molecule has 0 aliphatic rings. The predicted octanol–water partition coefficient (Wildman–Crippen LogP) is 4.89. The number of halogens is 2. The molecule has 0 bridgehead atoms. The van der Waals surface area contributed by atoms with E-state index in [2.05, 4.69) is 43.8 Å². The zero-order chi connectivity index (χ0) is 27.0. The van der Waals surface area contributed by atoms with Gasteiger partial charge >= 0.3 is 0 Å². The molecule has 4 rings (SSSR count). The molecule has 0 radical (unpaired) electrons. The molecule has 9 heteroatoms. The van der Waals surface area contributed by atoms with Crippen molar-refractivity contribution in [2.24, 2.45) is 12.5 Å². The van der Waals surface area contributed by atoms with Crippen LogP contribution in [0.25, 0.3) is 22.6 Å². The molecule has 0 saturated heterocycles. The summed E-state index contributed by atoms with van der Waals surface area (Å²) in [6, 6.07) is 9.88. The molecule has 0 unspecified atom stereocenters. The average Bonchev–Trinajstić information content (AvgIpc) is 3.25. The van der Waals surface area contributed by atoms with Crippen LogP contribution in [-0.2, 0) is 13.5 Å². The quantitative estimate of drug-likeness (QED) is 0.341. The summed E-state index contributed by atoms with van der Waals surface area (Å²) in [5, 5.41) is 10.9. The SMILES string of the molecule is Cn1cc([Si](C)(C)c2cccc(-c3cnc(CCC(C)(C)C)nc3)n2)nc1-c1ccc(F)c(C#N)c1F. The smallest absolute Gasteiger partial charge is 0.160 e. The number of pyridine rings is 1. The van der Waals surface area contributed by atoms with E-state index in [1.807, 2.05) is 36.8 Å². The third kappa shape index (κ3) is 5.49. The van der Waals surface area contributed by atoms with E-state index < -0.39 is 25.3 Å². The van der Waals surface area contributed by atoms with Crippen LogP contribution >= 0.6 is 0 Å². The molecule has 0 atom stereocenters. The first kappa shape index (κ1) is 26.3. The fraction of sp³-hybridized carbons (Fsp3) is 0.321. The number of benzene rings is 1. The number of imidazole rings is 1. The minimum atomic E-state index is -2.40. The molecule has 0 N–H and O–H groups in total. The van der Waals surface area contributed by atoms with E-state index >= 15 is 0 Å². The second-order valence-electron chi connectivity index (χ2n) is 10.9. The third-order valence-corrected chi connectivity index (χ3v) is 9.53. The van der Waals surface area contributed by atoms with Crippen LogP contribution in [-0.4, -0.2) is 32.6 Å². The Labute approximate surface area is 217 Å². The van der Waals surface area contributed by atoms with Crippen molar-refractivity contribution in [1.82, 2.24) is 24.5 Å². The zero-order valence-electron chi connectivity index (χ0n) is 22.0. The van der Waals surface area contributed by atoms with Crippen molar-refractivity contribution in [1.29, 1.82) is 5.26 Å². The van der Waals surface area contributed by atoms with Gasteiger partial charge in [0.25, 0.3) is 0 Å².